The molecule has 1 heterocycles. The van der Waals surface area contributed by atoms with Gasteiger partial charge in [-0.05, 0) is 32.6 Å². The molecule has 0 saturated carbocycles. The molecule has 1 fully saturated rings. The fourth-order valence-electron chi connectivity index (χ4n) is 3.63. The maximum Gasteiger partial charge on any atom is 0.313 e. The van der Waals surface area contributed by atoms with Crippen molar-refractivity contribution >= 4 is 11.8 Å². The monoisotopic (exact) mass is 398 g/mol. The second kappa shape index (κ2) is 17.0. The van der Waals surface area contributed by atoms with Crippen LogP contribution < -0.4 is 0 Å². The number of ketones is 1. The number of ether oxygens (including phenoxy) is 3. The summed E-state index contributed by atoms with van der Waals surface area (Å²) < 4.78 is 16.6. The van der Waals surface area contributed by atoms with E-state index in [2.05, 4.69) is 6.92 Å². The number of hydrogen-bond acceptors (Lipinski definition) is 5. The Kier molecular flexibility index (Phi) is 15.2. The molecule has 1 aliphatic rings. The normalized spacial score (nSPS) is 18.0. The third-order valence-corrected chi connectivity index (χ3v) is 5.21. The van der Waals surface area contributed by atoms with Crippen molar-refractivity contribution in [1.82, 2.24) is 0 Å². The molecule has 5 nitrogen and oxygen atoms in total. The van der Waals surface area contributed by atoms with E-state index in [-0.39, 0.29) is 31.0 Å². The van der Waals surface area contributed by atoms with Gasteiger partial charge in [0, 0.05) is 13.0 Å². The number of esters is 1. The Bertz CT molecular complexity index is 404. The molecule has 0 aromatic heterocycles. The Balaban J connectivity index is 2.28. The van der Waals surface area contributed by atoms with Gasteiger partial charge in [-0.25, -0.2) is 0 Å². The highest BCUT2D eigenvalue weighted by molar-refractivity contribution is 5.95. The number of carbonyl (C=O) groups excluding carboxylic acids is 2. The molecule has 0 aliphatic carbocycles. The molecular weight excluding hydrogens is 356 g/mol. The molecule has 0 bridgehead atoms. The van der Waals surface area contributed by atoms with Crippen LogP contribution >= 0.6 is 0 Å². The molecule has 1 unspecified atom stereocenters. The van der Waals surface area contributed by atoms with Gasteiger partial charge in [0.05, 0.1) is 12.7 Å². The first-order valence-corrected chi connectivity index (χ1v) is 11.6. The zero-order valence-electron chi connectivity index (χ0n) is 18.2. The largest absolute Gasteiger partial charge is 0.466 e. The molecule has 0 N–H and O–H groups in total. The van der Waals surface area contributed by atoms with Gasteiger partial charge in [0.15, 0.2) is 6.29 Å². The fourth-order valence-corrected chi connectivity index (χ4v) is 3.63. The molecule has 0 amide bonds. The maximum atomic E-state index is 12.2. The van der Waals surface area contributed by atoms with Gasteiger partial charge in [-0.1, -0.05) is 64.7 Å². The van der Waals surface area contributed by atoms with Gasteiger partial charge in [0.1, 0.15) is 12.2 Å². The van der Waals surface area contributed by atoms with Crippen LogP contribution in [0.2, 0.25) is 0 Å². The van der Waals surface area contributed by atoms with Crippen LogP contribution in [0.25, 0.3) is 0 Å². The summed E-state index contributed by atoms with van der Waals surface area (Å²) in [5.74, 6) is -0.543. The molecule has 0 radical (unpaired) electrons. The average Bonchev–Trinajstić information content (AvgIpc) is 2.67. The molecular formula is C23H42O5. The maximum absolute atomic E-state index is 12.2. The van der Waals surface area contributed by atoms with Crippen LogP contribution in [0.15, 0.2) is 0 Å². The number of unbranched alkanes of at least 4 members (excludes halogenated alkanes) is 8. The van der Waals surface area contributed by atoms with Crippen LogP contribution in [0.4, 0.5) is 0 Å². The summed E-state index contributed by atoms with van der Waals surface area (Å²) in [5.41, 5.74) is 0. The molecule has 0 aromatic rings. The van der Waals surface area contributed by atoms with Crippen LogP contribution in [-0.4, -0.2) is 37.4 Å². The molecule has 164 valence electrons. The zero-order valence-corrected chi connectivity index (χ0v) is 18.2. The summed E-state index contributed by atoms with van der Waals surface area (Å²) in [6.07, 6.45) is 15.1. The van der Waals surface area contributed by atoms with Gasteiger partial charge in [0.2, 0.25) is 0 Å². The van der Waals surface area contributed by atoms with E-state index in [0.717, 1.165) is 38.7 Å². The molecule has 1 saturated heterocycles. The number of carbonyl (C=O) groups is 2. The summed E-state index contributed by atoms with van der Waals surface area (Å²) in [7, 11) is 0. The van der Waals surface area contributed by atoms with Crippen molar-refractivity contribution in [2.75, 3.05) is 13.2 Å². The van der Waals surface area contributed by atoms with Crippen molar-refractivity contribution in [3.05, 3.63) is 0 Å². The van der Waals surface area contributed by atoms with Crippen LogP contribution in [0.3, 0.4) is 0 Å². The standard InChI is InChI=1S/C23H42O5/c1-3-5-6-7-8-9-10-11-12-15-21(28-23-16-13-14-17-27-23)18-20(24)19-22(25)26-4-2/h21,23H,3-19H2,1-2H3/t21-,23?/m0/s1. The number of hydrogen-bond donors (Lipinski definition) is 0. The summed E-state index contributed by atoms with van der Waals surface area (Å²) in [6, 6.07) is 0. The van der Waals surface area contributed by atoms with Gasteiger partial charge >= 0.3 is 5.97 Å². The molecule has 0 spiro atoms. The average molecular weight is 399 g/mol. The van der Waals surface area contributed by atoms with Crippen LogP contribution in [0, 0.1) is 0 Å². The smallest absolute Gasteiger partial charge is 0.313 e. The highest BCUT2D eigenvalue weighted by Gasteiger charge is 2.23. The Morgan fingerprint density at radius 2 is 1.64 bits per heavy atom. The Morgan fingerprint density at radius 3 is 2.25 bits per heavy atom. The molecule has 0 aromatic carbocycles. The minimum absolute atomic E-state index is 0.102. The number of rotatable bonds is 17. The van der Waals surface area contributed by atoms with Crippen molar-refractivity contribution in [2.45, 2.75) is 123 Å². The Morgan fingerprint density at radius 1 is 0.964 bits per heavy atom. The lowest BCUT2D eigenvalue weighted by molar-refractivity contribution is -0.191. The van der Waals surface area contributed by atoms with Crippen molar-refractivity contribution < 1.29 is 23.8 Å². The van der Waals surface area contributed by atoms with E-state index in [4.69, 9.17) is 14.2 Å². The lowest BCUT2D eigenvalue weighted by Gasteiger charge is -2.27. The van der Waals surface area contributed by atoms with Gasteiger partial charge < -0.3 is 14.2 Å². The quantitative estimate of drug-likeness (QED) is 0.178. The highest BCUT2D eigenvalue weighted by atomic mass is 16.7. The minimum Gasteiger partial charge on any atom is -0.466 e. The van der Waals surface area contributed by atoms with E-state index < -0.39 is 5.97 Å². The first kappa shape index (κ1) is 25.1. The van der Waals surface area contributed by atoms with Crippen LogP contribution in [0.5, 0.6) is 0 Å². The van der Waals surface area contributed by atoms with E-state index in [9.17, 15) is 9.59 Å². The van der Waals surface area contributed by atoms with Crippen LogP contribution in [-0.2, 0) is 23.8 Å². The number of Topliss-reactive ketones (excluding diaryl/α,β-unsaturated/α-hetero) is 1. The fraction of sp³-hybridized carbons (Fsp3) is 0.913. The highest BCUT2D eigenvalue weighted by Crippen LogP contribution is 2.21. The molecule has 1 rings (SSSR count). The molecule has 1 aliphatic heterocycles. The Hall–Kier alpha value is -0.940. The summed E-state index contributed by atoms with van der Waals surface area (Å²) >= 11 is 0. The molecule has 2 atom stereocenters. The van der Waals surface area contributed by atoms with Gasteiger partial charge in [-0.2, -0.15) is 0 Å². The van der Waals surface area contributed by atoms with E-state index in [0.29, 0.717) is 6.61 Å². The van der Waals surface area contributed by atoms with E-state index in [1.807, 2.05) is 0 Å². The predicted molar refractivity (Wildman–Crippen MR) is 111 cm³/mol. The predicted octanol–water partition coefficient (Wildman–Crippen LogP) is 5.73. The third kappa shape index (κ3) is 13.3. The van der Waals surface area contributed by atoms with Crippen molar-refractivity contribution in [3.8, 4) is 0 Å². The zero-order chi connectivity index (χ0) is 20.5. The topological polar surface area (TPSA) is 61.8 Å². The van der Waals surface area contributed by atoms with E-state index >= 15 is 0 Å². The first-order chi connectivity index (χ1) is 13.7. The molecule has 28 heavy (non-hydrogen) atoms. The Labute approximate surface area is 171 Å². The second-order valence-electron chi connectivity index (χ2n) is 7.90. The summed E-state index contributed by atoms with van der Waals surface area (Å²) in [5, 5.41) is 0. The lowest BCUT2D eigenvalue weighted by atomic mass is 10.0. The third-order valence-electron chi connectivity index (χ3n) is 5.21. The van der Waals surface area contributed by atoms with Crippen molar-refractivity contribution in [1.29, 1.82) is 0 Å². The first-order valence-electron chi connectivity index (χ1n) is 11.6. The minimum atomic E-state index is -0.441. The van der Waals surface area contributed by atoms with E-state index in [1.54, 1.807) is 6.92 Å². The van der Waals surface area contributed by atoms with Gasteiger partial charge in [0.25, 0.3) is 0 Å². The van der Waals surface area contributed by atoms with Gasteiger partial charge in [-0.3, -0.25) is 9.59 Å². The van der Waals surface area contributed by atoms with E-state index in [1.165, 1.54) is 51.4 Å². The van der Waals surface area contributed by atoms with Crippen LogP contribution in [0.1, 0.15) is 110 Å². The SMILES string of the molecule is CCCCCCCCCCC[C@@H](CC(=O)CC(=O)OCC)OC1CCCCO1. The van der Waals surface area contributed by atoms with Gasteiger partial charge in [-0.15, -0.1) is 0 Å². The summed E-state index contributed by atoms with van der Waals surface area (Å²) in [4.78, 5) is 23.8. The van der Waals surface area contributed by atoms with Crippen molar-refractivity contribution in [2.24, 2.45) is 0 Å². The molecule has 5 heteroatoms. The van der Waals surface area contributed by atoms with Crippen molar-refractivity contribution in [3.63, 3.8) is 0 Å². The summed E-state index contributed by atoms with van der Waals surface area (Å²) in [6.45, 7) is 5.03. The lowest BCUT2D eigenvalue weighted by Crippen LogP contribution is -2.30. The second-order valence-corrected chi connectivity index (χ2v) is 7.90.